The summed E-state index contributed by atoms with van der Waals surface area (Å²) in [4.78, 5) is 38.4. The first kappa shape index (κ1) is 23.4. The second-order valence-corrected chi connectivity index (χ2v) is 7.73. The Balaban J connectivity index is 1.67. The number of rotatable bonds is 5. The summed E-state index contributed by atoms with van der Waals surface area (Å²) in [6, 6.07) is 8.51. The predicted molar refractivity (Wildman–Crippen MR) is 109 cm³/mol. The van der Waals surface area contributed by atoms with Crippen molar-refractivity contribution in [3.8, 4) is 16.9 Å². The minimum Gasteiger partial charge on any atom is -0.481 e. The fourth-order valence-electron chi connectivity index (χ4n) is 4.26. The number of ketones is 1. The van der Waals surface area contributed by atoms with E-state index in [9.17, 15) is 32.7 Å². The molecule has 34 heavy (non-hydrogen) atoms. The maximum atomic E-state index is 15.1. The molecule has 1 aliphatic carbocycles. The van der Waals surface area contributed by atoms with Crippen LogP contribution in [0.15, 0.2) is 53.6 Å². The maximum absolute atomic E-state index is 15.1. The van der Waals surface area contributed by atoms with Crippen molar-refractivity contribution in [1.29, 1.82) is 0 Å². The lowest BCUT2D eigenvalue weighted by molar-refractivity contribution is -0.274. The van der Waals surface area contributed by atoms with Crippen LogP contribution < -0.4 is 9.64 Å². The highest BCUT2D eigenvalue weighted by Gasteiger charge is 2.48. The Kier molecular flexibility index (Phi) is 5.90. The number of amides is 1. The van der Waals surface area contributed by atoms with Gasteiger partial charge in [-0.3, -0.25) is 19.3 Å². The molecule has 0 fully saturated rings. The molecule has 2 atom stereocenters. The molecule has 7 nitrogen and oxygen atoms in total. The van der Waals surface area contributed by atoms with Gasteiger partial charge in [-0.25, -0.2) is 4.39 Å². The molecule has 2 aromatic carbocycles. The van der Waals surface area contributed by atoms with E-state index < -0.39 is 54.2 Å². The first-order chi connectivity index (χ1) is 16.0. The molecule has 178 valence electrons. The molecule has 4 rings (SSSR count). The fourth-order valence-corrected chi connectivity index (χ4v) is 4.26. The molecule has 2 aromatic rings. The molecule has 1 aliphatic heterocycles. The number of carboxylic acids is 1. The summed E-state index contributed by atoms with van der Waals surface area (Å²) < 4.78 is 61.6. The van der Waals surface area contributed by atoms with Crippen molar-refractivity contribution < 1.29 is 46.5 Å². The molecular weight excluding hydrogens is 462 g/mol. The predicted octanol–water partition coefficient (Wildman–Crippen LogP) is 3.72. The van der Waals surface area contributed by atoms with E-state index in [2.05, 4.69) is 4.74 Å². The van der Waals surface area contributed by atoms with Crippen LogP contribution >= 0.6 is 0 Å². The van der Waals surface area contributed by atoms with Crippen molar-refractivity contribution in [2.24, 2.45) is 5.92 Å². The summed E-state index contributed by atoms with van der Waals surface area (Å²) in [5, 5.41) is 9.51. The number of nitrogens with zero attached hydrogens (tertiary/aromatic N) is 1. The number of carbonyl (C=O) groups excluding carboxylic acids is 2. The van der Waals surface area contributed by atoms with Crippen LogP contribution in [0.5, 0.6) is 5.75 Å². The van der Waals surface area contributed by atoms with E-state index in [0.29, 0.717) is 0 Å². The molecule has 0 saturated heterocycles. The van der Waals surface area contributed by atoms with Crippen molar-refractivity contribution in [2.75, 3.05) is 18.6 Å². The molecule has 2 aliphatic rings. The standard InChI is InChI=1S/C23H17F4NO6/c1-33-18-9-14(22(31)32)19-20(18)17(29)10-28(21(19)30)16-6-5-12(8-15(16)24)11-3-2-4-13(7-11)34-23(25,26)27/h2-8,14,18H,9-10H2,1H3,(H,31,32). The summed E-state index contributed by atoms with van der Waals surface area (Å²) in [5.41, 5.74) is -0.0664. The number of benzene rings is 2. The number of anilines is 1. The Morgan fingerprint density at radius 1 is 1.09 bits per heavy atom. The van der Waals surface area contributed by atoms with Gasteiger partial charge in [-0.1, -0.05) is 18.2 Å². The summed E-state index contributed by atoms with van der Waals surface area (Å²) in [6.07, 6.45) is -5.81. The summed E-state index contributed by atoms with van der Waals surface area (Å²) >= 11 is 0. The highest BCUT2D eigenvalue weighted by molar-refractivity contribution is 6.22. The van der Waals surface area contributed by atoms with Gasteiger partial charge in [-0.15, -0.1) is 13.2 Å². The summed E-state index contributed by atoms with van der Waals surface area (Å²) in [6.45, 7) is -0.505. The zero-order chi connectivity index (χ0) is 24.8. The van der Waals surface area contributed by atoms with Crippen molar-refractivity contribution in [3.63, 3.8) is 0 Å². The van der Waals surface area contributed by atoms with Crippen LogP contribution in [0, 0.1) is 11.7 Å². The van der Waals surface area contributed by atoms with Gasteiger partial charge in [0, 0.05) is 18.3 Å². The number of aliphatic carboxylic acids is 1. The Morgan fingerprint density at radius 3 is 2.41 bits per heavy atom. The Labute approximate surface area is 190 Å². The van der Waals surface area contributed by atoms with Gasteiger partial charge in [0.25, 0.3) is 5.91 Å². The van der Waals surface area contributed by atoms with Crippen LogP contribution in [0.2, 0.25) is 0 Å². The van der Waals surface area contributed by atoms with Gasteiger partial charge in [0.05, 0.1) is 24.3 Å². The van der Waals surface area contributed by atoms with Crippen LogP contribution in [-0.2, 0) is 19.1 Å². The molecule has 1 N–H and O–H groups in total. The smallest absolute Gasteiger partial charge is 0.481 e. The molecule has 0 radical (unpaired) electrons. The van der Waals surface area contributed by atoms with Crippen LogP contribution in [0.3, 0.4) is 0 Å². The van der Waals surface area contributed by atoms with Crippen LogP contribution in [0.4, 0.5) is 23.2 Å². The molecule has 1 heterocycles. The van der Waals surface area contributed by atoms with Gasteiger partial charge in [-0.05, 0) is 41.8 Å². The van der Waals surface area contributed by atoms with Crippen LogP contribution in [0.1, 0.15) is 6.42 Å². The van der Waals surface area contributed by atoms with Gasteiger partial charge in [0.2, 0.25) is 0 Å². The zero-order valence-corrected chi connectivity index (χ0v) is 17.6. The van der Waals surface area contributed by atoms with Gasteiger partial charge >= 0.3 is 12.3 Å². The zero-order valence-electron chi connectivity index (χ0n) is 17.6. The number of methoxy groups -OCH3 is 1. The molecule has 2 unspecified atom stereocenters. The van der Waals surface area contributed by atoms with Gasteiger partial charge < -0.3 is 14.6 Å². The first-order valence-corrected chi connectivity index (χ1v) is 10.0. The lowest BCUT2D eigenvalue weighted by atomic mass is 9.94. The SMILES string of the molecule is COC1CC(C(=O)O)C2=C1C(=O)CN(c1ccc(-c3cccc(OC(F)(F)F)c3)cc1F)C2=O. The van der Waals surface area contributed by atoms with E-state index >= 15 is 4.39 Å². The molecule has 1 amide bonds. The molecule has 11 heteroatoms. The first-order valence-electron chi connectivity index (χ1n) is 10.0. The lowest BCUT2D eigenvalue weighted by Gasteiger charge is -2.29. The molecule has 0 spiro atoms. The Bertz CT molecular complexity index is 1220. The average molecular weight is 479 g/mol. The van der Waals surface area contributed by atoms with Gasteiger partial charge in [0.1, 0.15) is 11.6 Å². The molecule has 0 bridgehead atoms. The van der Waals surface area contributed by atoms with E-state index in [4.69, 9.17) is 4.74 Å². The molecule has 0 aromatic heterocycles. The van der Waals surface area contributed by atoms with E-state index in [-0.39, 0.29) is 34.4 Å². The third-order valence-corrected chi connectivity index (χ3v) is 5.71. The van der Waals surface area contributed by atoms with E-state index in [0.717, 1.165) is 23.1 Å². The van der Waals surface area contributed by atoms with Crippen molar-refractivity contribution in [2.45, 2.75) is 18.9 Å². The number of carboxylic acid groups (broad SMARTS) is 1. The van der Waals surface area contributed by atoms with Crippen LogP contribution in [0.25, 0.3) is 11.1 Å². The van der Waals surface area contributed by atoms with E-state index in [1.807, 2.05) is 0 Å². The van der Waals surface area contributed by atoms with Gasteiger partial charge in [-0.2, -0.15) is 0 Å². The number of hydrogen-bond donors (Lipinski definition) is 1. The second-order valence-electron chi connectivity index (χ2n) is 7.73. The number of Topliss-reactive ketones (excluding diaryl/α,β-unsaturated/α-hetero) is 1. The van der Waals surface area contributed by atoms with Crippen LogP contribution in [-0.4, -0.2) is 48.9 Å². The second kappa shape index (κ2) is 8.56. The number of ether oxygens (including phenoxy) is 2. The molecule has 0 saturated carbocycles. The van der Waals surface area contributed by atoms with Gasteiger partial charge in [0.15, 0.2) is 5.78 Å². The number of alkyl halides is 3. The van der Waals surface area contributed by atoms with E-state index in [1.165, 1.54) is 31.4 Å². The molecular formula is C23H17F4NO6. The fraction of sp³-hybridized carbons (Fsp3) is 0.261. The minimum atomic E-state index is -4.89. The Hall–Kier alpha value is -3.73. The van der Waals surface area contributed by atoms with Crippen molar-refractivity contribution in [1.82, 2.24) is 0 Å². The largest absolute Gasteiger partial charge is 0.573 e. The number of hydrogen-bond acceptors (Lipinski definition) is 5. The van der Waals surface area contributed by atoms with Crippen molar-refractivity contribution >= 4 is 23.3 Å². The number of halogens is 4. The summed E-state index contributed by atoms with van der Waals surface area (Å²) in [7, 11) is 1.30. The van der Waals surface area contributed by atoms with E-state index in [1.54, 1.807) is 0 Å². The quantitative estimate of drug-likeness (QED) is 0.658. The monoisotopic (exact) mass is 479 g/mol. The van der Waals surface area contributed by atoms with Crippen molar-refractivity contribution in [3.05, 3.63) is 59.4 Å². The highest BCUT2D eigenvalue weighted by Crippen LogP contribution is 2.40. The maximum Gasteiger partial charge on any atom is 0.573 e. The third kappa shape index (κ3) is 4.26. The minimum absolute atomic E-state index is 0.00495. The summed E-state index contributed by atoms with van der Waals surface area (Å²) in [5.74, 6) is -5.33. The number of carbonyl (C=O) groups is 3. The topological polar surface area (TPSA) is 93.1 Å². The highest BCUT2D eigenvalue weighted by atomic mass is 19.4. The third-order valence-electron chi connectivity index (χ3n) is 5.71. The Morgan fingerprint density at radius 2 is 1.79 bits per heavy atom. The normalized spacial score (nSPS) is 20.6. The average Bonchev–Trinajstić information content (AvgIpc) is 3.16. The lowest BCUT2D eigenvalue weighted by Crippen LogP contribution is -2.44.